The number of nitrogens with one attached hydrogen (secondary N) is 3. The summed E-state index contributed by atoms with van der Waals surface area (Å²) in [4.78, 5) is 16.2. The molecule has 28 heavy (non-hydrogen) atoms. The second kappa shape index (κ2) is 6.73. The van der Waals surface area contributed by atoms with Crippen LogP contribution in [0.5, 0.6) is 5.75 Å². The maximum absolute atomic E-state index is 13.9. The van der Waals surface area contributed by atoms with Crippen LogP contribution in [0.2, 0.25) is 0 Å². The molecule has 1 fully saturated rings. The summed E-state index contributed by atoms with van der Waals surface area (Å²) >= 11 is 1.64. The fraction of sp³-hybridized carbons (Fsp3) is 0.200. The van der Waals surface area contributed by atoms with E-state index in [4.69, 9.17) is 4.74 Å². The molecule has 0 bridgehead atoms. The quantitative estimate of drug-likeness (QED) is 0.728. The van der Waals surface area contributed by atoms with E-state index in [1.165, 1.54) is 6.07 Å². The molecule has 0 saturated carbocycles. The molecule has 2 aromatic rings. The second-order valence-corrected chi connectivity index (χ2v) is 8.06. The van der Waals surface area contributed by atoms with Crippen molar-refractivity contribution in [3.8, 4) is 5.75 Å². The summed E-state index contributed by atoms with van der Waals surface area (Å²) < 4.78 is 19.4. The number of quaternary nitrogens is 1. The summed E-state index contributed by atoms with van der Waals surface area (Å²) in [5.74, 6) is 0.219. The number of hydrogen-bond donors (Lipinski definition) is 3. The van der Waals surface area contributed by atoms with E-state index in [0.717, 1.165) is 27.0 Å². The number of carbonyl (C=O) groups is 1. The molecule has 3 heterocycles. The van der Waals surface area contributed by atoms with Gasteiger partial charge in [0, 0.05) is 6.92 Å². The van der Waals surface area contributed by atoms with Gasteiger partial charge in [-0.15, -0.1) is 5.43 Å². The van der Waals surface area contributed by atoms with Crippen LogP contribution in [0.4, 0.5) is 10.1 Å². The third kappa shape index (κ3) is 2.99. The Morgan fingerprint density at radius 2 is 2.14 bits per heavy atom. The highest BCUT2D eigenvalue weighted by atomic mass is 32.2. The molecular weight excluding hydrogens is 379 g/mol. The Morgan fingerprint density at radius 3 is 3.00 bits per heavy atom. The first kappa shape index (κ1) is 17.4. The molecule has 3 unspecified atom stereocenters. The summed E-state index contributed by atoms with van der Waals surface area (Å²) in [5, 5.41) is 4.72. The van der Waals surface area contributed by atoms with Gasteiger partial charge >= 0.3 is 0 Å². The summed E-state index contributed by atoms with van der Waals surface area (Å²) in [6.45, 7) is 2.03. The van der Waals surface area contributed by atoms with Crippen molar-refractivity contribution >= 4 is 28.5 Å². The van der Waals surface area contributed by atoms with Crippen molar-refractivity contribution in [3.63, 3.8) is 0 Å². The van der Waals surface area contributed by atoms with Gasteiger partial charge in [-0.25, -0.2) is 4.39 Å². The number of carbonyl (C=O) groups excluding carboxylic acids is 1. The molecule has 2 aromatic carbocycles. The van der Waals surface area contributed by atoms with E-state index in [0.29, 0.717) is 11.4 Å². The number of thioether (sulfide) groups is 1. The highest BCUT2D eigenvalue weighted by Gasteiger charge is 2.42. The van der Waals surface area contributed by atoms with Crippen LogP contribution in [-0.4, -0.2) is 17.7 Å². The number of amidine groups is 1. The van der Waals surface area contributed by atoms with Crippen LogP contribution in [0.3, 0.4) is 0 Å². The van der Waals surface area contributed by atoms with Crippen LogP contribution in [0.15, 0.2) is 59.4 Å². The van der Waals surface area contributed by atoms with Gasteiger partial charge in [0.1, 0.15) is 17.3 Å². The fourth-order valence-corrected chi connectivity index (χ4v) is 4.97. The van der Waals surface area contributed by atoms with E-state index in [-0.39, 0.29) is 29.6 Å². The Morgan fingerprint density at radius 1 is 1.25 bits per heavy atom. The molecule has 6 nitrogen and oxygen atoms in total. The molecule has 3 aliphatic rings. The minimum atomic E-state index is -0.266. The van der Waals surface area contributed by atoms with Gasteiger partial charge in [-0.05, 0) is 47.2 Å². The molecule has 0 aliphatic carbocycles. The van der Waals surface area contributed by atoms with E-state index in [2.05, 4.69) is 15.7 Å². The zero-order chi connectivity index (χ0) is 19.3. The number of benzene rings is 2. The highest BCUT2D eigenvalue weighted by molar-refractivity contribution is 8.13. The summed E-state index contributed by atoms with van der Waals surface area (Å²) in [5.41, 5.74) is 7.14. The normalized spacial score (nSPS) is 25.8. The fourth-order valence-electron chi connectivity index (χ4n) is 3.63. The Kier molecular flexibility index (Phi) is 4.19. The zero-order valence-corrected chi connectivity index (χ0v) is 15.8. The molecule has 0 spiro atoms. The maximum Gasteiger partial charge on any atom is 0.287 e. The van der Waals surface area contributed by atoms with Crippen molar-refractivity contribution in [1.29, 1.82) is 0 Å². The molecule has 5 rings (SSSR count). The van der Waals surface area contributed by atoms with Crippen molar-refractivity contribution in [2.45, 2.75) is 18.2 Å². The molecule has 8 heteroatoms. The average molecular weight is 397 g/mol. The number of fused-ring (bicyclic) bond motifs is 2. The summed E-state index contributed by atoms with van der Waals surface area (Å²) in [7, 11) is 0. The third-order valence-electron chi connectivity index (χ3n) is 5.00. The zero-order valence-electron chi connectivity index (χ0n) is 15.0. The summed E-state index contributed by atoms with van der Waals surface area (Å²) in [6, 6.07) is 12.3. The van der Waals surface area contributed by atoms with E-state index >= 15 is 0 Å². The van der Waals surface area contributed by atoms with Crippen molar-refractivity contribution in [2.75, 3.05) is 11.9 Å². The topological polar surface area (TPSA) is 67.2 Å². The Hall–Kier alpha value is -2.68. The number of amides is 1. The predicted molar refractivity (Wildman–Crippen MR) is 105 cm³/mol. The molecule has 0 aromatic heterocycles. The molecule has 142 valence electrons. The van der Waals surface area contributed by atoms with E-state index in [1.807, 2.05) is 37.4 Å². The first-order chi connectivity index (χ1) is 13.6. The van der Waals surface area contributed by atoms with Gasteiger partial charge in [-0.3, -0.25) is 4.79 Å². The van der Waals surface area contributed by atoms with Crippen LogP contribution < -0.4 is 20.5 Å². The number of allylic oxidation sites excluding steroid dienone is 1. The second-order valence-electron chi connectivity index (χ2n) is 6.93. The number of ether oxygens (including phenoxy) is 1. The number of aliphatic imine (C=N–C) groups is 1. The molecule has 1 amide bonds. The SMILES string of the molecule is CC1=CN=C2SC(c3ccc4c(c3)NC(=O)CO4)C(c3cccc(F)c3)N[NH+]12. The number of nitrogens with zero attached hydrogens (tertiary/aromatic N) is 1. The maximum atomic E-state index is 13.9. The van der Waals surface area contributed by atoms with Crippen molar-refractivity contribution in [2.24, 2.45) is 4.99 Å². The highest BCUT2D eigenvalue weighted by Crippen LogP contribution is 2.44. The molecule has 3 aliphatic heterocycles. The Bertz CT molecular complexity index is 1040. The molecular formula is C20H18FN4O2S+. The number of halogens is 1. The first-order valence-corrected chi connectivity index (χ1v) is 9.84. The van der Waals surface area contributed by atoms with Gasteiger partial charge in [-0.2, -0.15) is 10.0 Å². The van der Waals surface area contributed by atoms with E-state index < -0.39 is 0 Å². The van der Waals surface area contributed by atoms with Crippen LogP contribution in [0.1, 0.15) is 29.3 Å². The standard InChI is InChI=1S/C20H17FN4O2S/c1-11-9-22-20-25(11)24-18(12-3-2-4-14(21)7-12)19(28-20)13-5-6-16-15(8-13)23-17(26)10-27-16/h2-9,18-19,24H,10H2,1H3,(H,23,26)/p+1. The third-order valence-corrected chi connectivity index (χ3v) is 6.33. The van der Waals surface area contributed by atoms with Crippen LogP contribution in [0.25, 0.3) is 0 Å². The van der Waals surface area contributed by atoms with Gasteiger partial charge in [0.2, 0.25) is 0 Å². The molecule has 3 atom stereocenters. The predicted octanol–water partition coefficient (Wildman–Crippen LogP) is 2.31. The van der Waals surface area contributed by atoms with E-state index in [1.54, 1.807) is 23.9 Å². The van der Waals surface area contributed by atoms with Crippen molar-refractivity contribution in [3.05, 3.63) is 71.3 Å². The van der Waals surface area contributed by atoms with Crippen molar-refractivity contribution in [1.82, 2.24) is 5.43 Å². The lowest BCUT2D eigenvalue weighted by Gasteiger charge is -2.35. The molecule has 3 N–H and O–H groups in total. The first-order valence-electron chi connectivity index (χ1n) is 8.96. The number of anilines is 1. The smallest absolute Gasteiger partial charge is 0.287 e. The lowest BCUT2D eigenvalue weighted by atomic mass is 9.97. The number of hydrogen-bond acceptors (Lipinski definition) is 5. The lowest BCUT2D eigenvalue weighted by Crippen LogP contribution is -3.18. The van der Waals surface area contributed by atoms with Gasteiger partial charge in [-0.1, -0.05) is 18.2 Å². The van der Waals surface area contributed by atoms with Crippen LogP contribution in [0, 0.1) is 5.82 Å². The Labute approximate surface area is 165 Å². The lowest BCUT2D eigenvalue weighted by molar-refractivity contribution is -0.815. The largest absolute Gasteiger partial charge is 0.482 e. The van der Waals surface area contributed by atoms with Gasteiger partial charge in [0.05, 0.1) is 23.2 Å². The van der Waals surface area contributed by atoms with Gasteiger partial charge < -0.3 is 10.1 Å². The summed E-state index contributed by atoms with van der Waals surface area (Å²) in [6.07, 6.45) is 1.84. The van der Waals surface area contributed by atoms with Crippen LogP contribution in [-0.2, 0) is 4.79 Å². The monoisotopic (exact) mass is 397 g/mol. The van der Waals surface area contributed by atoms with Crippen molar-refractivity contribution < 1.29 is 18.9 Å². The van der Waals surface area contributed by atoms with E-state index in [9.17, 15) is 9.18 Å². The van der Waals surface area contributed by atoms with Crippen LogP contribution >= 0.6 is 11.8 Å². The minimum absolute atomic E-state index is 0.0259. The Balaban J connectivity index is 1.55. The molecule has 0 radical (unpaired) electrons. The number of rotatable bonds is 2. The average Bonchev–Trinajstić information content (AvgIpc) is 3.06. The minimum Gasteiger partial charge on any atom is -0.482 e. The molecule has 1 saturated heterocycles. The van der Waals surface area contributed by atoms with Gasteiger partial charge in [0.25, 0.3) is 11.1 Å². The van der Waals surface area contributed by atoms with Gasteiger partial charge in [0.15, 0.2) is 6.61 Å².